The lowest BCUT2D eigenvalue weighted by atomic mass is 10.2. The third-order valence-corrected chi connectivity index (χ3v) is 1.63. The summed E-state index contributed by atoms with van der Waals surface area (Å²) in [4.78, 5) is 0. The Morgan fingerprint density at radius 2 is 2.56 bits per heavy atom. The number of hydrogen-bond acceptors (Lipinski definition) is 0. The highest BCUT2D eigenvalue weighted by Gasteiger charge is 1.92. The van der Waals surface area contributed by atoms with Gasteiger partial charge in [0.05, 0.1) is 0 Å². The molecule has 1 aliphatic carbocycles. The highest BCUT2D eigenvalue weighted by Crippen LogP contribution is 2.11. The van der Waals surface area contributed by atoms with Gasteiger partial charge < -0.3 is 0 Å². The third kappa shape index (κ3) is 2.05. The second-order valence-electron chi connectivity index (χ2n) is 2.37. The van der Waals surface area contributed by atoms with E-state index in [1.807, 2.05) is 0 Å². The third-order valence-electron chi connectivity index (χ3n) is 1.63. The fourth-order valence-electron chi connectivity index (χ4n) is 1.00. The second-order valence-corrected chi connectivity index (χ2v) is 2.37. The Balaban J connectivity index is 2.53. The van der Waals surface area contributed by atoms with Gasteiger partial charge in [0.2, 0.25) is 0 Å². The van der Waals surface area contributed by atoms with Crippen molar-refractivity contribution >= 4 is 0 Å². The summed E-state index contributed by atoms with van der Waals surface area (Å²) >= 11 is 0. The van der Waals surface area contributed by atoms with Gasteiger partial charge in [-0.2, -0.15) is 0 Å². The van der Waals surface area contributed by atoms with Crippen LogP contribution in [0.3, 0.4) is 0 Å². The van der Waals surface area contributed by atoms with Crippen LogP contribution in [0.2, 0.25) is 0 Å². The van der Waals surface area contributed by atoms with Gasteiger partial charge in [0.25, 0.3) is 0 Å². The van der Waals surface area contributed by atoms with Crippen LogP contribution < -0.4 is 0 Å². The molecule has 0 unspecified atom stereocenters. The van der Waals surface area contributed by atoms with Crippen LogP contribution >= 0.6 is 0 Å². The molecule has 0 fully saturated rings. The van der Waals surface area contributed by atoms with Gasteiger partial charge in [0, 0.05) is 0 Å². The molecule has 0 aromatic heterocycles. The van der Waals surface area contributed by atoms with Gasteiger partial charge in [-0.25, -0.2) is 0 Å². The Morgan fingerprint density at radius 1 is 1.67 bits per heavy atom. The number of rotatable bonds is 1. The average Bonchev–Trinajstić information content (AvgIpc) is 2.13. The molecule has 1 radical (unpaired) electrons. The molecule has 0 atom stereocenters. The van der Waals surface area contributed by atoms with Crippen LogP contribution in [0.4, 0.5) is 0 Å². The van der Waals surface area contributed by atoms with Crippen molar-refractivity contribution in [3.63, 3.8) is 0 Å². The highest BCUT2D eigenvalue weighted by molar-refractivity contribution is 5.17. The molecule has 0 saturated heterocycles. The van der Waals surface area contributed by atoms with Crippen LogP contribution in [0.1, 0.15) is 32.6 Å². The quantitative estimate of drug-likeness (QED) is 0.500. The van der Waals surface area contributed by atoms with Gasteiger partial charge in [-0.3, -0.25) is 0 Å². The summed E-state index contributed by atoms with van der Waals surface area (Å²) in [6.07, 6.45) is 12.5. The Hall–Kier alpha value is -0.520. The molecule has 0 heteroatoms. The summed E-state index contributed by atoms with van der Waals surface area (Å²) in [5, 5.41) is 0. The molecule has 0 saturated carbocycles. The molecule has 0 heterocycles. The molecule has 0 aromatic rings. The first-order valence-corrected chi connectivity index (χ1v) is 3.69. The summed E-state index contributed by atoms with van der Waals surface area (Å²) in [5.41, 5.74) is 1.45. The van der Waals surface area contributed by atoms with Gasteiger partial charge in [0.15, 0.2) is 0 Å². The van der Waals surface area contributed by atoms with E-state index in [1.165, 1.54) is 18.4 Å². The first-order valence-electron chi connectivity index (χ1n) is 3.69. The largest absolute Gasteiger partial charge is 0.0813 e. The lowest BCUT2D eigenvalue weighted by molar-refractivity contribution is 0.861. The average molecular weight is 121 g/mol. The zero-order valence-corrected chi connectivity index (χ0v) is 5.98. The predicted molar refractivity (Wildman–Crippen MR) is 40.0 cm³/mol. The minimum atomic E-state index is 1.14. The van der Waals surface area contributed by atoms with Gasteiger partial charge in [0.1, 0.15) is 0 Å². The molecule has 0 N–H and O–H groups in total. The van der Waals surface area contributed by atoms with Crippen LogP contribution in [0.5, 0.6) is 0 Å². The normalized spacial score (nSPS) is 19.0. The van der Waals surface area contributed by atoms with Crippen molar-refractivity contribution in [2.75, 3.05) is 0 Å². The van der Waals surface area contributed by atoms with E-state index in [2.05, 4.69) is 25.2 Å². The topological polar surface area (TPSA) is 0 Å². The van der Waals surface area contributed by atoms with Crippen molar-refractivity contribution < 1.29 is 0 Å². The van der Waals surface area contributed by atoms with Gasteiger partial charge in [-0.1, -0.05) is 24.6 Å². The van der Waals surface area contributed by atoms with E-state index in [1.54, 1.807) is 0 Å². The molecule has 0 aromatic carbocycles. The molecule has 1 aliphatic rings. The molecular formula is C9H13. The minimum absolute atomic E-state index is 1.14. The molecule has 0 amide bonds. The molecule has 0 spiro atoms. The van der Waals surface area contributed by atoms with E-state index >= 15 is 0 Å². The summed E-state index contributed by atoms with van der Waals surface area (Å²) < 4.78 is 0. The van der Waals surface area contributed by atoms with Crippen LogP contribution in [-0.4, -0.2) is 0 Å². The highest BCUT2D eigenvalue weighted by atomic mass is 14.0. The lowest BCUT2D eigenvalue weighted by Gasteiger charge is -1.90. The predicted octanol–water partition coefficient (Wildman–Crippen LogP) is 2.87. The van der Waals surface area contributed by atoms with E-state index in [-0.39, 0.29) is 0 Å². The summed E-state index contributed by atoms with van der Waals surface area (Å²) in [6.45, 7) is 2.19. The van der Waals surface area contributed by atoms with E-state index in [0.29, 0.717) is 0 Å². The van der Waals surface area contributed by atoms with E-state index in [0.717, 1.165) is 12.8 Å². The fraction of sp³-hybridized carbons (Fsp3) is 0.556. The molecule has 1 rings (SSSR count). The maximum absolute atomic E-state index is 3.25. The van der Waals surface area contributed by atoms with Crippen LogP contribution in [0.25, 0.3) is 0 Å². The first-order chi connectivity index (χ1) is 4.43. The van der Waals surface area contributed by atoms with Crippen molar-refractivity contribution in [1.82, 2.24) is 0 Å². The fourth-order valence-corrected chi connectivity index (χ4v) is 1.00. The van der Waals surface area contributed by atoms with Crippen LogP contribution in [-0.2, 0) is 0 Å². The zero-order chi connectivity index (χ0) is 6.53. The zero-order valence-electron chi connectivity index (χ0n) is 5.98. The Kier molecular flexibility index (Phi) is 2.56. The molecule has 0 bridgehead atoms. The summed E-state index contributed by atoms with van der Waals surface area (Å²) in [7, 11) is 0. The Morgan fingerprint density at radius 3 is 3.33 bits per heavy atom. The maximum Gasteiger partial charge on any atom is -0.0273 e. The van der Waals surface area contributed by atoms with Crippen LogP contribution in [0, 0.1) is 6.08 Å². The molecule has 49 valence electrons. The van der Waals surface area contributed by atoms with Crippen LogP contribution in [0.15, 0.2) is 17.7 Å². The van der Waals surface area contributed by atoms with E-state index < -0.39 is 0 Å². The van der Waals surface area contributed by atoms with E-state index in [4.69, 9.17) is 0 Å². The maximum atomic E-state index is 3.25. The SMILES string of the molecule is CCC1=CCCC[C]=C1. The number of allylic oxidation sites excluding steroid dienone is 4. The standard InChI is InChI=1S/C9H13/c1-2-9-7-5-3-4-6-8-9/h7-8H,2-5H2,1H3. The van der Waals surface area contributed by atoms with Crippen molar-refractivity contribution in [3.8, 4) is 0 Å². The molecule has 0 nitrogen and oxygen atoms in total. The second kappa shape index (κ2) is 3.49. The van der Waals surface area contributed by atoms with Gasteiger partial charge >= 0.3 is 0 Å². The smallest absolute Gasteiger partial charge is 0.0273 e. The molecule has 9 heavy (non-hydrogen) atoms. The monoisotopic (exact) mass is 121 g/mol. The Labute approximate surface area is 57.3 Å². The van der Waals surface area contributed by atoms with Crippen molar-refractivity contribution in [1.29, 1.82) is 0 Å². The van der Waals surface area contributed by atoms with Gasteiger partial charge in [-0.15, -0.1) is 0 Å². The number of hydrogen-bond donors (Lipinski definition) is 0. The first kappa shape index (κ1) is 6.60. The van der Waals surface area contributed by atoms with Crippen molar-refractivity contribution in [2.45, 2.75) is 32.6 Å². The Bertz CT molecular complexity index is 129. The lowest BCUT2D eigenvalue weighted by Crippen LogP contribution is -1.70. The molecule has 0 aliphatic heterocycles. The van der Waals surface area contributed by atoms with Gasteiger partial charge in [-0.05, 0) is 31.8 Å². The summed E-state index contributed by atoms with van der Waals surface area (Å²) in [5.74, 6) is 0. The van der Waals surface area contributed by atoms with Crippen molar-refractivity contribution in [3.05, 3.63) is 23.8 Å². The summed E-state index contributed by atoms with van der Waals surface area (Å²) in [6, 6.07) is 0. The van der Waals surface area contributed by atoms with E-state index in [9.17, 15) is 0 Å². The minimum Gasteiger partial charge on any atom is -0.0813 e. The van der Waals surface area contributed by atoms with Crippen molar-refractivity contribution in [2.24, 2.45) is 0 Å². The molecular weight excluding hydrogens is 108 g/mol.